The van der Waals surface area contributed by atoms with Crippen LogP contribution in [-0.2, 0) is 9.53 Å². The number of likely N-dealkylation sites (N-methyl/N-ethyl adjacent to an activating group) is 1. The molecule has 100 valence electrons. The lowest BCUT2D eigenvalue weighted by molar-refractivity contribution is -0.149. The van der Waals surface area contributed by atoms with Crippen molar-refractivity contribution in [3.8, 4) is 0 Å². The predicted octanol–water partition coefficient (Wildman–Crippen LogP) is 2.46. The van der Waals surface area contributed by atoms with Gasteiger partial charge in [0, 0.05) is 10.6 Å². The molecule has 3 nitrogen and oxygen atoms in total. The molecule has 1 atom stereocenters. The molecular formula is C13H18FNO2S. The molecular weight excluding hydrogens is 253 g/mol. The van der Waals surface area contributed by atoms with Gasteiger partial charge in [0.2, 0.25) is 0 Å². The Morgan fingerprint density at radius 2 is 2.28 bits per heavy atom. The van der Waals surface area contributed by atoms with Gasteiger partial charge < -0.3 is 10.1 Å². The summed E-state index contributed by atoms with van der Waals surface area (Å²) in [6.07, 6.45) is 0. The number of hydrogen-bond donors (Lipinski definition) is 1. The minimum Gasteiger partial charge on any atom is -0.465 e. The van der Waals surface area contributed by atoms with E-state index in [0.29, 0.717) is 12.4 Å². The van der Waals surface area contributed by atoms with Crippen molar-refractivity contribution in [2.45, 2.75) is 24.3 Å². The second-order valence-corrected chi connectivity index (χ2v) is 5.10. The Bertz CT molecular complexity index is 414. The fraction of sp³-hybridized carbons (Fsp3) is 0.462. The summed E-state index contributed by atoms with van der Waals surface area (Å²) in [6, 6.07) is 6.31. The Kier molecular flexibility index (Phi) is 5.62. The van der Waals surface area contributed by atoms with Crippen LogP contribution in [-0.4, -0.2) is 30.9 Å². The molecule has 0 saturated heterocycles. The molecule has 18 heavy (non-hydrogen) atoms. The Labute approximate surface area is 111 Å². The van der Waals surface area contributed by atoms with Gasteiger partial charge in [-0.25, -0.2) is 4.39 Å². The SMILES string of the molecule is CCOC(=O)C(C)(CSc1cccc(F)c1)NC. The molecule has 0 amide bonds. The number of ether oxygens (including phenoxy) is 1. The largest absolute Gasteiger partial charge is 0.465 e. The van der Waals surface area contributed by atoms with E-state index in [-0.39, 0.29) is 11.8 Å². The lowest BCUT2D eigenvalue weighted by Gasteiger charge is -2.26. The molecule has 0 aliphatic rings. The van der Waals surface area contributed by atoms with Gasteiger partial charge in [-0.05, 0) is 39.1 Å². The topological polar surface area (TPSA) is 38.3 Å². The van der Waals surface area contributed by atoms with Crippen molar-refractivity contribution >= 4 is 17.7 Å². The standard InChI is InChI=1S/C13H18FNO2S/c1-4-17-12(16)13(2,15-3)9-18-11-7-5-6-10(14)8-11/h5-8,15H,4,9H2,1-3H3. The smallest absolute Gasteiger partial charge is 0.326 e. The zero-order valence-electron chi connectivity index (χ0n) is 10.8. The summed E-state index contributed by atoms with van der Waals surface area (Å²) in [5.41, 5.74) is -0.771. The van der Waals surface area contributed by atoms with Crippen LogP contribution in [0, 0.1) is 5.82 Å². The second kappa shape index (κ2) is 6.75. The lowest BCUT2D eigenvalue weighted by Crippen LogP contribution is -2.50. The monoisotopic (exact) mass is 271 g/mol. The minimum atomic E-state index is -0.771. The zero-order chi connectivity index (χ0) is 13.6. The maximum atomic E-state index is 13.0. The molecule has 0 spiro atoms. The van der Waals surface area contributed by atoms with E-state index in [1.807, 2.05) is 6.07 Å². The lowest BCUT2D eigenvalue weighted by atomic mass is 10.1. The Balaban J connectivity index is 2.66. The van der Waals surface area contributed by atoms with E-state index in [9.17, 15) is 9.18 Å². The van der Waals surface area contributed by atoms with E-state index < -0.39 is 5.54 Å². The summed E-state index contributed by atoms with van der Waals surface area (Å²) >= 11 is 1.42. The van der Waals surface area contributed by atoms with Crippen molar-refractivity contribution in [1.82, 2.24) is 5.32 Å². The third kappa shape index (κ3) is 3.99. The number of halogens is 1. The molecule has 0 radical (unpaired) electrons. The van der Waals surface area contributed by atoms with Gasteiger partial charge in [-0.3, -0.25) is 4.79 Å². The van der Waals surface area contributed by atoms with Gasteiger partial charge in [0.05, 0.1) is 6.61 Å². The van der Waals surface area contributed by atoms with Crippen molar-refractivity contribution in [3.63, 3.8) is 0 Å². The zero-order valence-corrected chi connectivity index (χ0v) is 11.6. The van der Waals surface area contributed by atoms with Crippen LogP contribution in [0.5, 0.6) is 0 Å². The molecule has 1 aromatic rings. The number of benzene rings is 1. The normalized spacial score (nSPS) is 14.0. The van der Waals surface area contributed by atoms with Crippen molar-refractivity contribution < 1.29 is 13.9 Å². The molecule has 1 unspecified atom stereocenters. The van der Waals surface area contributed by atoms with Crippen molar-refractivity contribution in [2.24, 2.45) is 0 Å². The third-order valence-electron chi connectivity index (χ3n) is 2.60. The molecule has 1 rings (SSSR count). The van der Waals surface area contributed by atoms with E-state index >= 15 is 0 Å². The first-order valence-corrected chi connectivity index (χ1v) is 6.75. The number of rotatable bonds is 6. The first-order chi connectivity index (χ1) is 8.51. The van der Waals surface area contributed by atoms with E-state index in [2.05, 4.69) is 5.32 Å². The number of thioether (sulfide) groups is 1. The molecule has 0 aliphatic heterocycles. The van der Waals surface area contributed by atoms with Gasteiger partial charge in [0.15, 0.2) is 0 Å². The average Bonchev–Trinajstić information content (AvgIpc) is 2.36. The highest BCUT2D eigenvalue weighted by Gasteiger charge is 2.33. The van der Waals surface area contributed by atoms with Gasteiger partial charge in [-0.2, -0.15) is 0 Å². The van der Waals surface area contributed by atoms with Crippen LogP contribution in [0.15, 0.2) is 29.2 Å². The highest BCUT2D eigenvalue weighted by molar-refractivity contribution is 7.99. The van der Waals surface area contributed by atoms with E-state index in [1.54, 1.807) is 27.0 Å². The highest BCUT2D eigenvalue weighted by Crippen LogP contribution is 2.23. The van der Waals surface area contributed by atoms with Crippen molar-refractivity contribution in [3.05, 3.63) is 30.1 Å². The van der Waals surface area contributed by atoms with Crippen LogP contribution in [0.1, 0.15) is 13.8 Å². The molecule has 0 saturated carbocycles. The van der Waals surface area contributed by atoms with Crippen LogP contribution in [0.3, 0.4) is 0 Å². The third-order valence-corrected chi connectivity index (χ3v) is 3.91. The van der Waals surface area contributed by atoms with Crippen LogP contribution in [0.2, 0.25) is 0 Å². The minimum absolute atomic E-state index is 0.276. The first-order valence-electron chi connectivity index (χ1n) is 5.76. The number of carbonyl (C=O) groups is 1. The fourth-order valence-electron chi connectivity index (χ4n) is 1.31. The van der Waals surface area contributed by atoms with Gasteiger partial charge in [-0.1, -0.05) is 6.07 Å². The molecule has 0 fully saturated rings. The van der Waals surface area contributed by atoms with Crippen LogP contribution in [0.25, 0.3) is 0 Å². The van der Waals surface area contributed by atoms with Crippen molar-refractivity contribution in [1.29, 1.82) is 0 Å². The molecule has 0 bridgehead atoms. The number of nitrogens with one attached hydrogen (secondary N) is 1. The Morgan fingerprint density at radius 1 is 1.56 bits per heavy atom. The van der Waals surface area contributed by atoms with E-state index in [0.717, 1.165) is 4.90 Å². The molecule has 5 heteroatoms. The van der Waals surface area contributed by atoms with Gasteiger partial charge >= 0.3 is 5.97 Å². The summed E-state index contributed by atoms with van der Waals surface area (Å²) in [5.74, 6) is -0.0927. The Morgan fingerprint density at radius 3 is 2.83 bits per heavy atom. The van der Waals surface area contributed by atoms with Gasteiger partial charge in [-0.15, -0.1) is 11.8 Å². The molecule has 0 aliphatic carbocycles. The second-order valence-electron chi connectivity index (χ2n) is 4.05. The van der Waals surface area contributed by atoms with Gasteiger partial charge in [0.25, 0.3) is 0 Å². The summed E-state index contributed by atoms with van der Waals surface area (Å²) in [5, 5.41) is 2.96. The first kappa shape index (κ1) is 15.0. The van der Waals surface area contributed by atoms with E-state index in [1.165, 1.54) is 23.9 Å². The van der Waals surface area contributed by atoms with Gasteiger partial charge in [0.1, 0.15) is 11.4 Å². The highest BCUT2D eigenvalue weighted by atomic mass is 32.2. The molecule has 1 N–H and O–H groups in total. The number of carbonyl (C=O) groups excluding carboxylic acids is 1. The maximum Gasteiger partial charge on any atom is 0.326 e. The maximum absolute atomic E-state index is 13.0. The van der Waals surface area contributed by atoms with Crippen LogP contribution < -0.4 is 5.32 Å². The average molecular weight is 271 g/mol. The summed E-state index contributed by atoms with van der Waals surface area (Å²) in [6.45, 7) is 3.89. The molecule has 1 aromatic carbocycles. The molecule has 0 aromatic heterocycles. The molecule has 0 heterocycles. The Hall–Kier alpha value is -1.07. The summed E-state index contributed by atoms with van der Waals surface area (Å²) in [4.78, 5) is 12.6. The number of hydrogen-bond acceptors (Lipinski definition) is 4. The fourth-order valence-corrected chi connectivity index (χ4v) is 2.40. The quantitative estimate of drug-likeness (QED) is 0.637. The number of esters is 1. The predicted molar refractivity (Wildman–Crippen MR) is 71.2 cm³/mol. The van der Waals surface area contributed by atoms with E-state index in [4.69, 9.17) is 4.74 Å². The van der Waals surface area contributed by atoms with Crippen LogP contribution >= 0.6 is 11.8 Å². The summed E-state index contributed by atoms with van der Waals surface area (Å²) in [7, 11) is 1.71. The summed E-state index contributed by atoms with van der Waals surface area (Å²) < 4.78 is 18.0. The van der Waals surface area contributed by atoms with Crippen LogP contribution in [0.4, 0.5) is 4.39 Å². The van der Waals surface area contributed by atoms with Crippen molar-refractivity contribution in [2.75, 3.05) is 19.4 Å².